The Hall–Kier alpha value is -1.00. The lowest BCUT2D eigenvalue weighted by Gasteiger charge is -2.36. The second-order valence-electron chi connectivity index (χ2n) is 4.00. The quantitative estimate of drug-likeness (QED) is 0.687. The molecule has 1 aromatic heterocycles. The number of nitrogens with two attached hydrogens (primary N) is 1. The fourth-order valence-corrected chi connectivity index (χ4v) is 1.75. The SMILES string of the molecule is Nc1ccc(Cl)nc1NCC1(O)CCC1. The highest BCUT2D eigenvalue weighted by atomic mass is 35.5. The molecule has 4 nitrogen and oxygen atoms in total. The van der Waals surface area contributed by atoms with Crippen molar-refractivity contribution in [3.8, 4) is 0 Å². The average Bonchev–Trinajstić information content (AvgIpc) is 2.17. The third-order valence-electron chi connectivity index (χ3n) is 2.76. The Morgan fingerprint density at radius 3 is 2.87 bits per heavy atom. The van der Waals surface area contributed by atoms with Gasteiger partial charge in [0.25, 0.3) is 0 Å². The van der Waals surface area contributed by atoms with Gasteiger partial charge < -0.3 is 16.2 Å². The second-order valence-corrected chi connectivity index (χ2v) is 4.39. The molecular weight excluding hydrogens is 214 g/mol. The van der Waals surface area contributed by atoms with Gasteiger partial charge in [-0.15, -0.1) is 0 Å². The van der Waals surface area contributed by atoms with E-state index in [1.54, 1.807) is 12.1 Å². The number of halogens is 1. The molecule has 0 bridgehead atoms. The molecule has 1 saturated carbocycles. The van der Waals surface area contributed by atoms with Gasteiger partial charge in [0.1, 0.15) is 5.15 Å². The van der Waals surface area contributed by atoms with Crippen LogP contribution in [0.25, 0.3) is 0 Å². The van der Waals surface area contributed by atoms with Gasteiger partial charge in [-0.05, 0) is 31.4 Å². The van der Waals surface area contributed by atoms with Crippen molar-refractivity contribution in [2.24, 2.45) is 0 Å². The molecule has 2 rings (SSSR count). The first-order chi connectivity index (χ1) is 7.09. The Labute approximate surface area is 93.5 Å². The Morgan fingerprint density at radius 2 is 2.27 bits per heavy atom. The van der Waals surface area contributed by atoms with Crippen LogP contribution in [0.5, 0.6) is 0 Å². The number of hydrogen-bond acceptors (Lipinski definition) is 4. The first-order valence-electron chi connectivity index (χ1n) is 4.97. The van der Waals surface area contributed by atoms with E-state index in [1.165, 1.54) is 0 Å². The van der Waals surface area contributed by atoms with Gasteiger partial charge in [-0.2, -0.15) is 0 Å². The molecule has 82 valence electrons. The first-order valence-corrected chi connectivity index (χ1v) is 5.35. The van der Waals surface area contributed by atoms with Crippen molar-refractivity contribution in [3.05, 3.63) is 17.3 Å². The van der Waals surface area contributed by atoms with Crippen molar-refractivity contribution < 1.29 is 5.11 Å². The molecule has 1 fully saturated rings. The van der Waals surface area contributed by atoms with Crippen molar-refractivity contribution >= 4 is 23.1 Å². The molecule has 0 aromatic carbocycles. The third-order valence-corrected chi connectivity index (χ3v) is 2.97. The molecule has 0 saturated heterocycles. The van der Waals surface area contributed by atoms with Crippen molar-refractivity contribution in [3.63, 3.8) is 0 Å². The van der Waals surface area contributed by atoms with Gasteiger partial charge in [-0.1, -0.05) is 11.6 Å². The van der Waals surface area contributed by atoms with Gasteiger partial charge >= 0.3 is 0 Å². The Morgan fingerprint density at radius 1 is 1.53 bits per heavy atom. The highest BCUT2D eigenvalue weighted by Crippen LogP contribution is 2.32. The zero-order valence-corrected chi connectivity index (χ0v) is 9.09. The normalized spacial score (nSPS) is 18.3. The topological polar surface area (TPSA) is 71.2 Å². The number of pyridine rings is 1. The van der Waals surface area contributed by atoms with Gasteiger partial charge in [-0.3, -0.25) is 0 Å². The smallest absolute Gasteiger partial charge is 0.151 e. The van der Waals surface area contributed by atoms with Crippen LogP contribution < -0.4 is 11.1 Å². The zero-order valence-electron chi connectivity index (χ0n) is 8.33. The monoisotopic (exact) mass is 227 g/mol. The van der Waals surface area contributed by atoms with Crippen LogP contribution in [0.4, 0.5) is 11.5 Å². The lowest BCUT2D eigenvalue weighted by Crippen LogP contribution is -2.43. The fourth-order valence-electron chi connectivity index (χ4n) is 1.60. The van der Waals surface area contributed by atoms with Crippen LogP contribution in [-0.4, -0.2) is 22.2 Å². The molecule has 0 amide bonds. The molecule has 5 heteroatoms. The molecule has 0 unspecified atom stereocenters. The molecule has 0 radical (unpaired) electrons. The lowest BCUT2D eigenvalue weighted by atomic mass is 9.80. The summed E-state index contributed by atoms with van der Waals surface area (Å²) in [5.41, 5.74) is 5.67. The van der Waals surface area contributed by atoms with E-state index in [4.69, 9.17) is 17.3 Å². The lowest BCUT2D eigenvalue weighted by molar-refractivity contribution is -0.0202. The second kappa shape index (κ2) is 3.87. The minimum absolute atomic E-state index is 0.396. The summed E-state index contributed by atoms with van der Waals surface area (Å²) in [5.74, 6) is 0.544. The summed E-state index contributed by atoms with van der Waals surface area (Å²) in [6.07, 6.45) is 2.75. The molecule has 1 aliphatic rings. The predicted molar refractivity (Wildman–Crippen MR) is 60.9 cm³/mol. The number of nitrogen functional groups attached to an aromatic ring is 1. The summed E-state index contributed by atoms with van der Waals surface area (Å²) in [4.78, 5) is 4.05. The van der Waals surface area contributed by atoms with Crippen LogP contribution in [0.15, 0.2) is 12.1 Å². The molecule has 4 N–H and O–H groups in total. The Bertz CT molecular complexity index is 366. The first kappa shape index (κ1) is 10.5. The maximum atomic E-state index is 9.87. The minimum Gasteiger partial charge on any atom is -0.396 e. The molecule has 1 aromatic rings. The predicted octanol–water partition coefficient (Wildman–Crippen LogP) is 1.64. The highest BCUT2D eigenvalue weighted by molar-refractivity contribution is 6.29. The maximum Gasteiger partial charge on any atom is 0.151 e. The van der Waals surface area contributed by atoms with E-state index in [1.807, 2.05) is 0 Å². The summed E-state index contributed by atoms with van der Waals surface area (Å²) in [5, 5.41) is 13.3. The number of hydrogen-bond donors (Lipinski definition) is 3. The van der Waals surface area contributed by atoms with Gasteiger partial charge in [0.2, 0.25) is 0 Å². The molecule has 1 heterocycles. The number of aromatic nitrogens is 1. The van der Waals surface area contributed by atoms with Gasteiger partial charge in [0.05, 0.1) is 11.3 Å². The van der Waals surface area contributed by atoms with Crippen molar-refractivity contribution in [2.75, 3.05) is 17.6 Å². The van der Waals surface area contributed by atoms with Crippen molar-refractivity contribution in [1.82, 2.24) is 4.98 Å². The summed E-state index contributed by atoms with van der Waals surface area (Å²) in [7, 11) is 0. The molecular formula is C10H14ClN3O. The van der Waals surface area contributed by atoms with Crippen LogP contribution >= 0.6 is 11.6 Å². The molecule has 15 heavy (non-hydrogen) atoms. The number of rotatable bonds is 3. The molecule has 0 spiro atoms. The maximum absolute atomic E-state index is 9.87. The van der Waals surface area contributed by atoms with Gasteiger partial charge in [-0.25, -0.2) is 4.98 Å². The molecule has 0 aliphatic heterocycles. The Balaban J connectivity index is 2.01. The van der Waals surface area contributed by atoms with Crippen LogP contribution in [-0.2, 0) is 0 Å². The highest BCUT2D eigenvalue weighted by Gasteiger charge is 2.34. The van der Waals surface area contributed by atoms with Gasteiger partial charge in [0, 0.05) is 6.54 Å². The fraction of sp³-hybridized carbons (Fsp3) is 0.500. The summed E-state index contributed by atoms with van der Waals surface area (Å²) in [6, 6.07) is 3.34. The van der Waals surface area contributed by atoms with E-state index in [9.17, 15) is 5.11 Å². The van der Waals surface area contributed by atoms with Gasteiger partial charge in [0.15, 0.2) is 5.82 Å². The average molecular weight is 228 g/mol. The summed E-state index contributed by atoms with van der Waals surface area (Å²) in [6.45, 7) is 0.477. The third kappa shape index (κ3) is 2.33. The zero-order chi connectivity index (χ0) is 10.9. The molecule has 0 atom stereocenters. The Kier molecular flexibility index (Phi) is 2.71. The van der Waals surface area contributed by atoms with E-state index < -0.39 is 5.60 Å². The number of aliphatic hydroxyl groups is 1. The largest absolute Gasteiger partial charge is 0.396 e. The van der Waals surface area contributed by atoms with E-state index in [-0.39, 0.29) is 0 Å². The summed E-state index contributed by atoms with van der Waals surface area (Å²) >= 11 is 5.75. The number of anilines is 2. The van der Waals surface area contributed by atoms with E-state index in [0.29, 0.717) is 23.2 Å². The number of nitrogens with one attached hydrogen (secondary N) is 1. The van der Waals surface area contributed by atoms with Crippen LogP contribution in [0.3, 0.4) is 0 Å². The van der Waals surface area contributed by atoms with E-state index in [2.05, 4.69) is 10.3 Å². The van der Waals surface area contributed by atoms with Crippen LogP contribution in [0.2, 0.25) is 5.15 Å². The van der Waals surface area contributed by atoms with Crippen LogP contribution in [0.1, 0.15) is 19.3 Å². The summed E-state index contributed by atoms with van der Waals surface area (Å²) < 4.78 is 0. The van der Waals surface area contributed by atoms with Crippen molar-refractivity contribution in [2.45, 2.75) is 24.9 Å². The molecule has 1 aliphatic carbocycles. The van der Waals surface area contributed by atoms with E-state index >= 15 is 0 Å². The van der Waals surface area contributed by atoms with Crippen molar-refractivity contribution in [1.29, 1.82) is 0 Å². The minimum atomic E-state index is -0.587. The van der Waals surface area contributed by atoms with Crippen LogP contribution in [0, 0.1) is 0 Å². The number of nitrogens with zero attached hydrogens (tertiary/aromatic N) is 1. The standard InChI is InChI=1S/C10H14ClN3O/c11-8-3-2-7(12)9(14-8)13-6-10(15)4-1-5-10/h2-3,15H,1,4-6,12H2,(H,13,14). The van der Waals surface area contributed by atoms with E-state index in [0.717, 1.165) is 19.3 Å².